The number of methoxy groups -OCH3 is 2. The van der Waals surface area contributed by atoms with Crippen molar-refractivity contribution in [3.63, 3.8) is 0 Å². The molecule has 0 aromatic carbocycles. The maximum atomic E-state index is 14.8. The highest BCUT2D eigenvalue weighted by Crippen LogP contribution is 2.59. The van der Waals surface area contributed by atoms with Gasteiger partial charge in [-0.25, -0.2) is 9.78 Å². The van der Waals surface area contributed by atoms with Crippen LogP contribution in [0.3, 0.4) is 0 Å². The number of fused-ring (bicyclic) bond motifs is 4. The molecule has 9 rings (SSSR count). The molecule has 4 saturated heterocycles. The zero-order valence-electron chi connectivity index (χ0n) is 52.7. The van der Waals surface area contributed by atoms with E-state index in [1.165, 1.54) is 17.2 Å². The van der Waals surface area contributed by atoms with Gasteiger partial charge < -0.3 is 54.5 Å². The fourth-order valence-corrected chi connectivity index (χ4v) is 15.1. The molecule has 2 bridgehead atoms. The van der Waals surface area contributed by atoms with Crippen molar-refractivity contribution in [2.75, 3.05) is 59.3 Å². The van der Waals surface area contributed by atoms with E-state index in [9.17, 15) is 52.5 Å². The number of ether oxygens (including phenoxy) is 5. The van der Waals surface area contributed by atoms with Gasteiger partial charge in [0.05, 0.1) is 42.8 Å². The minimum absolute atomic E-state index is 0.00238. The number of pyridine rings is 1. The first-order valence-electron chi connectivity index (χ1n) is 32.1. The fourth-order valence-electron chi connectivity index (χ4n) is 15.1. The number of nitrogen functional groups attached to an aromatic ring is 1. The number of likely N-dealkylation sites (tertiary alicyclic amines) is 2. The zero-order chi connectivity index (χ0) is 63.7. The van der Waals surface area contributed by atoms with Gasteiger partial charge in [0.15, 0.2) is 11.6 Å². The van der Waals surface area contributed by atoms with Crippen LogP contribution in [0, 0.1) is 47.3 Å². The van der Waals surface area contributed by atoms with Crippen LogP contribution >= 0.6 is 0 Å². The molecule has 23 heteroatoms. The number of amides is 2. The van der Waals surface area contributed by atoms with E-state index in [-0.39, 0.29) is 98.7 Å². The first-order valence-corrected chi connectivity index (χ1v) is 32.1. The molecule has 2 saturated carbocycles. The van der Waals surface area contributed by atoms with Crippen molar-refractivity contribution >= 4 is 35.2 Å². The Morgan fingerprint density at radius 3 is 2.33 bits per heavy atom. The number of nitrogens with two attached hydrogens (primary N) is 1. The second-order valence-corrected chi connectivity index (χ2v) is 26.9. The van der Waals surface area contributed by atoms with Crippen LogP contribution in [0.2, 0.25) is 0 Å². The van der Waals surface area contributed by atoms with Crippen molar-refractivity contribution in [2.45, 2.75) is 205 Å². The van der Waals surface area contributed by atoms with Gasteiger partial charge >= 0.3 is 12.3 Å². The lowest BCUT2D eigenvalue weighted by Gasteiger charge is -2.45. The van der Waals surface area contributed by atoms with Gasteiger partial charge in [-0.15, -0.1) is 13.2 Å². The molecule has 2 aliphatic carbocycles. The Bertz CT molecular complexity index is 2880. The van der Waals surface area contributed by atoms with E-state index in [1.807, 2.05) is 56.3 Å². The molecule has 0 spiro atoms. The highest BCUT2D eigenvalue weighted by molar-refractivity contribution is 6.39. The number of anilines is 1. The number of aliphatic hydroxyl groups is 3. The lowest BCUT2D eigenvalue weighted by molar-refractivity contribution is -0.287. The number of cyclic esters (lactones) is 1. The summed E-state index contributed by atoms with van der Waals surface area (Å²) in [4.78, 5) is 81.4. The van der Waals surface area contributed by atoms with E-state index in [0.29, 0.717) is 87.5 Å². The van der Waals surface area contributed by atoms with E-state index < -0.39 is 89.7 Å². The standard InChI is InChI=1S/C65H94F3N7O13/c1-10-40-15-18-54-56(85-9)24-38(6)64(83,87-54)60(80)62(81)74-20-12-11-13-49(74)63(82)86-34-47(37(5)23-41-14-17-51(76)55(25-41)84-8)39(7)52(77)28-53(78)42(22-36(4)21-40)16-19-58(79)73-30-44(31-73)72-32-45-46(33-72)59(45)50-27-48(71-75(50)35(2)3)43-26-57(61(69)70-29-43)88-65(66,67)68/h22-23,26-27,29,35,38-42,44-47,49,51-52,54-56,59,76-77,83H,10-21,24-25,28,30-34H2,1-9H3,(H2,69,70)/b36-22+,37-23+/t38-,39+,40-,41+,42-,45-,46+,47-,49+,51-,52+,54-,55-,56+,59+,64-/m1/s1. The highest BCUT2D eigenvalue weighted by atomic mass is 19.4. The second-order valence-electron chi connectivity index (χ2n) is 26.9. The van der Waals surface area contributed by atoms with Crippen LogP contribution in [-0.2, 0) is 42.9 Å². The number of rotatable bonds is 13. The van der Waals surface area contributed by atoms with Gasteiger partial charge in [0.2, 0.25) is 11.7 Å². The monoisotopic (exact) mass is 1240 g/mol. The van der Waals surface area contributed by atoms with Gasteiger partial charge in [0.1, 0.15) is 11.8 Å². The number of alkyl halides is 3. The minimum Gasteiger partial charge on any atom is -0.464 e. The molecule has 0 radical (unpaired) electrons. The predicted molar refractivity (Wildman–Crippen MR) is 319 cm³/mol. The van der Waals surface area contributed by atoms with Crippen LogP contribution in [0.5, 0.6) is 5.75 Å². The zero-order valence-corrected chi connectivity index (χ0v) is 52.7. The number of Topliss-reactive ketones (excluding diaryl/α,β-unsaturated/α-hetero) is 2. The average molecular weight is 1240 g/mol. The lowest BCUT2D eigenvalue weighted by Crippen LogP contribution is -2.62. The Labute approximate surface area is 515 Å². The van der Waals surface area contributed by atoms with Crippen molar-refractivity contribution in [1.82, 2.24) is 29.5 Å². The number of aliphatic hydroxyl groups excluding tert-OH is 2. The van der Waals surface area contributed by atoms with E-state index in [2.05, 4.69) is 27.6 Å². The molecule has 7 aliphatic rings. The maximum absolute atomic E-state index is 14.8. The van der Waals surface area contributed by atoms with Gasteiger partial charge in [0.25, 0.3) is 11.7 Å². The van der Waals surface area contributed by atoms with E-state index >= 15 is 0 Å². The van der Waals surface area contributed by atoms with Crippen LogP contribution in [-0.4, -0.2) is 182 Å². The van der Waals surface area contributed by atoms with Gasteiger partial charge in [-0.05, 0) is 140 Å². The molecule has 16 atom stereocenters. The third-order valence-electron chi connectivity index (χ3n) is 20.7. The SMILES string of the molecule is CC[C@@H]1CC[C@H]2O[C@@](O)(C(=O)C(=O)N3CCCC[C@H]3C(=O)OC[C@H](/C(C)=C/[C@@H]3CC[C@@H](O)[C@H](OC)C3)[C@H](C)[C@@H](O)CC(=O)[C@H](CCC(=O)N3CC(N4C[C@@H]5[C@H](C4)[C@H]5c4cc(-c5cnc(N)c(OC(F)(F)F)c5)nn4C(C)C)C3)/C=C(\C)C1)[C@H](C)C[C@@H]2OC. The molecule has 20 nitrogen and oxygen atoms in total. The summed E-state index contributed by atoms with van der Waals surface area (Å²) in [5, 5.41) is 39.8. The molecule has 2 amide bonds. The van der Waals surface area contributed by atoms with Crippen LogP contribution in [0.25, 0.3) is 11.3 Å². The largest absolute Gasteiger partial charge is 0.573 e. The van der Waals surface area contributed by atoms with Gasteiger partial charge in [-0.2, -0.15) is 5.10 Å². The van der Waals surface area contributed by atoms with Crippen LogP contribution in [0.15, 0.2) is 41.6 Å². The number of nitrogens with zero attached hydrogens (tertiary/aromatic N) is 6. The van der Waals surface area contributed by atoms with Crippen molar-refractivity contribution in [1.29, 1.82) is 0 Å². The Morgan fingerprint density at radius 1 is 0.943 bits per heavy atom. The molecule has 488 valence electrons. The van der Waals surface area contributed by atoms with Crippen LogP contribution < -0.4 is 10.5 Å². The van der Waals surface area contributed by atoms with E-state index in [4.69, 9.17) is 29.8 Å². The van der Waals surface area contributed by atoms with Gasteiger partial charge in [-0.3, -0.25) is 28.8 Å². The summed E-state index contributed by atoms with van der Waals surface area (Å²) in [5.74, 6) is -8.38. The second kappa shape index (κ2) is 28.1. The summed E-state index contributed by atoms with van der Waals surface area (Å²) in [5.41, 5.74) is 9.30. The molecule has 88 heavy (non-hydrogen) atoms. The number of esters is 1. The highest BCUT2D eigenvalue weighted by Gasteiger charge is 2.60. The van der Waals surface area contributed by atoms with Gasteiger partial charge in [0, 0.05) is 113 Å². The molecule has 2 aromatic heterocycles. The fraction of sp³-hybridized carbons (Fsp3) is 0.738. The molecule has 5 aliphatic heterocycles. The molecule has 6 fully saturated rings. The van der Waals surface area contributed by atoms with Crippen LogP contribution in [0.4, 0.5) is 19.0 Å². The van der Waals surface area contributed by atoms with E-state index in [1.54, 1.807) is 21.1 Å². The molecule has 7 heterocycles. The summed E-state index contributed by atoms with van der Waals surface area (Å²) in [6.45, 7) is 16.1. The Hall–Kier alpha value is -5.30. The number of aromatic nitrogens is 3. The van der Waals surface area contributed by atoms with Gasteiger partial charge in [-0.1, -0.05) is 50.5 Å². The van der Waals surface area contributed by atoms with Crippen molar-refractivity contribution < 1.29 is 76.1 Å². The Morgan fingerprint density at radius 2 is 1.66 bits per heavy atom. The molecule has 0 unspecified atom stereocenters. The summed E-state index contributed by atoms with van der Waals surface area (Å²) in [6, 6.07) is 2.16. The maximum Gasteiger partial charge on any atom is 0.573 e. The third kappa shape index (κ3) is 15.0. The Balaban J connectivity index is 0.899. The summed E-state index contributed by atoms with van der Waals surface area (Å²) < 4.78 is 69.4. The quantitative estimate of drug-likeness (QED) is 0.0849. The third-order valence-corrected chi connectivity index (χ3v) is 20.7. The number of carbonyl (C=O) groups excluding carboxylic acids is 5. The van der Waals surface area contributed by atoms with E-state index in [0.717, 1.165) is 36.4 Å². The number of carbonyl (C=O) groups is 5. The number of halogens is 3. The van der Waals surface area contributed by atoms with Crippen molar-refractivity contribution in [3.8, 4) is 17.0 Å². The predicted octanol–water partition coefficient (Wildman–Crippen LogP) is 7.73. The molecule has 5 N–H and O–H groups in total. The topological polar surface area (TPSA) is 259 Å². The summed E-state index contributed by atoms with van der Waals surface area (Å²) >= 11 is 0. The number of ketones is 2. The Kier molecular flexibility index (Phi) is 21.4. The van der Waals surface area contributed by atoms with Crippen molar-refractivity contribution in [3.05, 3.63) is 47.3 Å². The average Bonchev–Trinajstić information content (AvgIpc) is 1.64. The first-order chi connectivity index (χ1) is 41.7. The number of allylic oxidation sites excluding steroid dienone is 3. The number of hydrogen-bond acceptors (Lipinski definition) is 17. The first kappa shape index (κ1) is 67.1. The normalized spacial score (nSPS) is 35.3. The van der Waals surface area contributed by atoms with Crippen molar-refractivity contribution in [2.24, 2.45) is 47.3 Å². The number of hydrogen-bond donors (Lipinski definition) is 4. The molecular weight excluding hydrogens is 1140 g/mol. The molecule has 2 aromatic rings. The minimum atomic E-state index is -4.94. The smallest absolute Gasteiger partial charge is 0.464 e. The van der Waals surface area contributed by atoms with Crippen LogP contribution in [0.1, 0.15) is 156 Å². The number of piperidine rings is 2. The lowest BCUT2D eigenvalue weighted by atomic mass is 9.78. The summed E-state index contributed by atoms with van der Waals surface area (Å²) in [7, 11) is 3.12. The molecular formula is C65H94F3N7O13. The summed E-state index contributed by atoms with van der Waals surface area (Å²) in [6.07, 6.45) is 2.85.